The van der Waals surface area contributed by atoms with Crippen LogP contribution in [0.4, 0.5) is 0 Å². The summed E-state index contributed by atoms with van der Waals surface area (Å²) in [7, 11) is 1.63. The molecule has 1 amide bonds. The van der Waals surface area contributed by atoms with Gasteiger partial charge in [-0.3, -0.25) is 4.79 Å². The van der Waals surface area contributed by atoms with E-state index in [4.69, 9.17) is 15.2 Å². The number of carbonyl (C=O) groups excluding carboxylic acids is 1. The van der Waals surface area contributed by atoms with Gasteiger partial charge in [-0.1, -0.05) is 11.8 Å². The van der Waals surface area contributed by atoms with Crippen molar-refractivity contribution in [3.05, 3.63) is 18.0 Å². The van der Waals surface area contributed by atoms with Gasteiger partial charge in [0.1, 0.15) is 17.4 Å². The van der Waals surface area contributed by atoms with E-state index in [2.05, 4.69) is 9.97 Å². The molecule has 0 radical (unpaired) electrons. The molecule has 0 saturated carbocycles. The van der Waals surface area contributed by atoms with Gasteiger partial charge in [0, 0.05) is 18.7 Å². The Labute approximate surface area is 125 Å². The first-order chi connectivity index (χ1) is 10.2. The van der Waals surface area contributed by atoms with E-state index >= 15 is 0 Å². The fourth-order valence-corrected chi connectivity index (χ4v) is 2.94. The number of hydrogen-bond donors (Lipinski definition) is 1. The minimum atomic E-state index is -0.500. The van der Waals surface area contributed by atoms with Gasteiger partial charge in [-0.2, -0.15) is 0 Å². The number of carbonyl (C=O) groups is 1. The zero-order valence-electron chi connectivity index (χ0n) is 11.8. The maximum absolute atomic E-state index is 11.8. The van der Waals surface area contributed by atoms with E-state index in [0.29, 0.717) is 29.7 Å². The molecule has 1 fully saturated rings. The van der Waals surface area contributed by atoms with Crippen LogP contribution in [-0.4, -0.2) is 53.1 Å². The highest BCUT2D eigenvalue weighted by Crippen LogP contribution is 2.29. The number of fused-ring (bicyclic) bond motifs is 1. The SMILES string of the molecule is CO[C@H]1COC[C@@H]1n1c(C(N)=O)cc2cnc(SC)nc21. The maximum Gasteiger partial charge on any atom is 0.265 e. The van der Waals surface area contributed by atoms with Crippen LogP contribution in [0, 0.1) is 0 Å². The summed E-state index contributed by atoms with van der Waals surface area (Å²) in [5.41, 5.74) is 6.59. The standard InChI is InChI=1S/C13H16N4O3S/c1-19-10-6-20-5-9(10)17-8(11(14)18)3-7-4-15-13(21-2)16-12(7)17/h3-4,9-10H,5-6H2,1-2H3,(H2,14,18)/t9-,10-/m0/s1. The van der Waals surface area contributed by atoms with Crippen LogP contribution in [-0.2, 0) is 9.47 Å². The Hall–Kier alpha value is -1.64. The Balaban J connectivity index is 2.21. The molecule has 2 aromatic rings. The second-order valence-electron chi connectivity index (χ2n) is 4.78. The average Bonchev–Trinajstić information content (AvgIpc) is 3.09. The first kappa shape index (κ1) is 14.3. The molecule has 1 saturated heterocycles. The predicted molar refractivity (Wildman–Crippen MR) is 78.5 cm³/mol. The molecule has 2 aromatic heterocycles. The first-order valence-corrected chi connectivity index (χ1v) is 7.70. The second-order valence-corrected chi connectivity index (χ2v) is 5.55. The third-order valence-electron chi connectivity index (χ3n) is 3.62. The molecule has 1 aliphatic heterocycles. The average molecular weight is 308 g/mol. The van der Waals surface area contributed by atoms with Crippen LogP contribution in [0.1, 0.15) is 16.5 Å². The van der Waals surface area contributed by atoms with Crippen molar-refractivity contribution in [3.63, 3.8) is 0 Å². The fourth-order valence-electron chi connectivity index (χ4n) is 2.61. The van der Waals surface area contributed by atoms with Crippen molar-refractivity contribution in [2.45, 2.75) is 17.3 Å². The summed E-state index contributed by atoms with van der Waals surface area (Å²) < 4.78 is 12.7. The Morgan fingerprint density at radius 2 is 2.38 bits per heavy atom. The Kier molecular flexibility index (Phi) is 3.83. The van der Waals surface area contributed by atoms with Crippen molar-refractivity contribution in [1.82, 2.24) is 14.5 Å². The second kappa shape index (κ2) is 5.63. The number of aromatic nitrogens is 3. The number of methoxy groups -OCH3 is 1. The largest absolute Gasteiger partial charge is 0.377 e. The van der Waals surface area contributed by atoms with Crippen LogP contribution < -0.4 is 5.73 Å². The summed E-state index contributed by atoms with van der Waals surface area (Å²) in [4.78, 5) is 20.5. The lowest BCUT2D eigenvalue weighted by molar-refractivity contribution is 0.0683. The van der Waals surface area contributed by atoms with Crippen LogP contribution >= 0.6 is 11.8 Å². The molecule has 0 bridgehead atoms. The van der Waals surface area contributed by atoms with Gasteiger partial charge in [-0.25, -0.2) is 9.97 Å². The third-order valence-corrected chi connectivity index (χ3v) is 4.18. The van der Waals surface area contributed by atoms with Crippen LogP contribution in [0.2, 0.25) is 0 Å². The molecule has 8 heteroatoms. The third kappa shape index (κ3) is 2.39. The summed E-state index contributed by atoms with van der Waals surface area (Å²) in [5, 5.41) is 1.43. The van der Waals surface area contributed by atoms with Crippen molar-refractivity contribution < 1.29 is 14.3 Å². The molecule has 3 rings (SSSR count). The molecule has 7 nitrogen and oxygen atoms in total. The number of rotatable bonds is 4. The minimum absolute atomic E-state index is 0.125. The van der Waals surface area contributed by atoms with Crippen molar-refractivity contribution in [1.29, 1.82) is 0 Å². The number of nitrogens with zero attached hydrogens (tertiary/aromatic N) is 3. The molecule has 1 aliphatic rings. The Morgan fingerprint density at radius 3 is 3.05 bits per heavy atom. The molecule has 0 spiro atoms. The van der Waals surface area contributed by atoms with Crippen LogP contribution in [0.15, 0.2) is 17.4 Å². The van der Waals surface area contributed by atoms with Crippen molar-refractivity contribution in [2.24, 2.45) is 5.73 Å². The number of nitrogens with two attached hydrogens (primary N) is 1. The highest BCUT2D eigenvalue weighted by Gasteiger charge is 2.33. The van der Waals surface area contributed by atoms with E-state index in [1.54, 1.807) is 19.4 Å². The summed E-state index contributed by atoms with van der Waals surface area (Å²) in [6.45, 7) is 0.945. The summed E-state index contributed by atoms with van der Waals surface area (Å²) in [6.07, 6.45) is 3.47. The predicted octanol–water partition coefficient (Wildman–Crippen LogP) is 0.838. The van der Waals surface area contributed by atoms with Gasteiger partial charge in [0.05, 0.1) is 19.3 Å². The van der Waals surface area contributed by atoms with Gasteiger partial charge in [0.15, 0.2) is 5.16 Å². The van der Waals surface area contributed by atoms with Gasteiger partial charge >= 0.3 is 0 Å². The van der Waals surface area contributed by atoms with Crippen molar-refractivity contribution in [2.75, 3.05) is 26.6 Å². The van der Waals surface area contributed by atoms with Crippen LogP contribution in [0.3, 0.4) is 0 Å². The minimum Gasteiger partial charge on any atom is -0.377 e. The number of hydrogen-bond acceptors (Lipinski definition) is 6. The van der Waals surface area contributed by atoms with Gasteiger partial charge in [0.25, 0.3) is 5.91 Å². The number of thioether (sulfide) groups is 1. The molecule has 3 heterocycles. The van der Waals surface area contributed by atoms with Crippen LogP contribution in [0.25, 0.3) is 11.0 Å². The van der Waals surface area contributed by atoms with Gasteiger partial charge in [-0.05, 0) is 12.3 Å². The van der Waals surface area contributed by atoms with E-state index in [0.717, 1.165) is 5.39 Å². The van der Waals surface area contributed by atoms with Crippen molar-refractivity contribution >= 4 is 28.7 Å². The van der Waals surface area contributed by atoms with Gasteiger partial charge in [0.2, 0.25) is 0 Å². The topological polar surface area (TPSA) is 92.3 Å². The monoisotopic (exact) mass is 308 g/mol. The van der Waals surface area contributed by atoms with E-state index < -0.39 is 5.91 Å². The number of primary amides is 1. The summed E-state index contributed by atoms with van der Waals surface area (Å²) in [6, 6.07) is 1.59. The molecule has 21 heavy (non-hydrogen) atoms. The maximum atomic E-state index is 11.8. The molecule has 0 unspecified atom stereocenters. The first-order valence-electron chi connectivity index (χ1n) is 6.48. The lowest BCUT2D eigenvalue weighted by atomic mass is 10.2. The zero-order valence-corrected chi connectivity index (χ0v) is 12.6. The molecular weight excluding hydrogens is 292 g/mol. The summed E-state index contributed by atoms with van der Waals surface area (Å²) in [5.74, 6) is -0.500. The quantitative estimate of drug-likeness (QED) is 0.664. The smallest absolute Gasteiger partial charge is 0.265 e. The molecule has 2 atom stereocenters. The number of ether oxygens (including phenoxy) is 2. The summed E-state index contributed by atoms with van der Waals surface area (Å²) >= 11 is 1.44. The Morgan fingerprint density at radius 1 is 1.57 bits per heavy atom. The lowest BCUT2D eigenvalue weighted by Gasteiger charge is -2.20. The van der Waals surface area contributed by atoms with Gasteiger partial charge < -0.3 is 19.8 Å². The van der Waals surface area contributed by atoms with E-state index in [9.17, 15) is 4.79 Å². The molecule has 2 N–H and O–H groups in total. The molecule has 0 aliphatic carbocycles. The highest BCUT2D eigenvalue weighted by molar-refractivity contribution is 7.98. The van der Waals surface area contributed by atoms with Gasteiger partial charge in [-0.15, -0.1) is 0 Å². The zero-order chi connectivity index (χ0) is 15.0. The molecule has 112 valence electrons. The van der Waals surface area contributed by atoms with Crippen LogP contribution in [0.5, 0.6) is 0 Å². The van der Waals surface area contributed by atoms with E-state index in [1.807, 2.05) is 10.8 Å². The number of amides is 1. The van der Waals surface area contributed by atoms with Crippen molar-refractivity contribution in [3.8, 4) is 0 Å². The molecule has 0 aromatic carbocycles. The highest BCUT2D eigenvalue weighted by atomic mass is 32.2. The van der Waals surface area contributed by atoms with E-state index in [1.165, 1.54) is 11.8 Å². The Bertz CT molecular complexity index is 687. The van der Waals surface area contributed by atoms with E-state index in [-0.39, 0.29) is 12.1 Å². The lowest BCUT2D eigenvalue weighted by Crippen LogP contribution is -2.28. The molecular formula is C13H16N4O3S. The normalized spacial score (nSPS) is 22.0. The fraction of sp³-hybridized carbons (Fsp3) is 0.462.